The van der Waals surface area contributed by atoms with Gasteiger partial charge in [-0.25, -0.2) is 9.13 Å². The fourth-order valence-corrected chi connectivity index (χ4v) is 6.05. The predicted octanol–water partition coefficient (Wildman–Crippen LogP) is 4.30. The Hall–Kier alpha value is -1.28. The molecule has 0 radical (unpaired) electrons. The van der Waals surface area contributed by atoms with E-state index in [0.717, 1.165) is 13.1 Å². The van der Waals surface area contributed by atoms with E-state index in [0.29, 0.717) is 0 Å². The van der Waals surface area contributed by atoms with Crippen LogP contribution < -0.4 is 57.1 Å². The first-order chi connectivity index (χ1) is 19.9. The summed E-state index contributed by atoms with van der Waals surface area (Å²) in [6, 6.07) is 21.8. The summed E-state index contributed by atoms with van der Waals surface area (Å²) >= 11 is 0. The van der Waals surface area contributed by atoms with Gasteiger partial charge in [0.1, 0.15) is 13.1 Å². The molecule has 2 nitrogen and oxygen atoms in total. The van der Waals surface area contributed by atoms with Gasteiger partial charge in [0.25, 0.3) is 0 Å². The van der Waals surface area contributed by atoms with Crippen molar-refractivity contribution in [3.05, 3.63) is 85.5 Å². The minimum atomic E-state index is 0. The Morgan fingerprint density at radius 3 is 0.881 bits per heavy atom. The molecular formula is C38H54I2N2. The molecular weight excluding hydrogens is 738 g/mol. The Labute approximate surface area is 290 Å². The molecule has 0 atom stereocenters. The molecule has 4 rings (SSSR count). The maximum Gasteiger partial charge on any atom is 0.176 e. The van der Waals surface area contributed by atoms with Crippen LogP contribution >= 0.6 is 0 Å². The summed E-state index contributed by atoms with van der Waals surface area (Å²) in [7, 11) is 0. The van der Waals surface area contributed by atoms with Crippen LogP contribution in [-0.2, 0) is 13.1 Å². The Bertz CT molecular complexity index is 1140. The van der Waals surface area contributed by atoms with Crippen molar-refractivity contribution in [1.29, 1.82) is 0 Å². The van der Waals surface area contributed by atoms with Crippen LogP contribution in [0.15, 0.2) is 85.5 Å². The van der Waals surface area contributed by atoms with E-state index in [1.54, 1.807) is 0 Å². The average molecular weight is 793 g/mol. The Kier molecular flexibility index (Phi) is 20.3. The first kappa shape index (κ1) is 36.9. The molecule has 0 amide bonds. The topological polar surface area (TPSA) is 7.76 Å². The maximum absolute atomic E-state index is 2.36. The molecule has 0 aliphatic carbocycles. The molecule has 0 bridgehead atoms. The summed E-state index contributed by atoms with van der Waals surface area (Å²) in [6.45, 7) is 2.30. The highest BCUT2D eigenvalue weighted by Gasteiger charge is 2.04. The van der Waals surface area contributed by atoms with Gasteiger partial charge in [-0.3, -0.25) is 0 Å². The molecule has 2 aromatic carbocycles. The monoisotopic (exact) mass is 792 g/mol. The van der Waals surface area contributed by atoms with Gasteiger partial charge in [0, 0.05) is 35.7 Å². The standard InChI is InChI=1S/C38H54N2.2HI/c1(3-5-7-9-11-13-15-21-29-39-31-27-35-23-17-19-25-37(35)33-39)2-4-6-8-10-12-14-16-22-30-40-32-28-36-24-18-20-26-38(36)34-40;;/h17-20,23-28,31-34H,1-16,21-22,29-30H2;2*1H/q+2;;/p-2. The van der Waals surface area contributed by atoms with Gasteiger partial charge in [0.2, 0.25) is 0 Å². The van der Waals surface area contributed by atoms with E-state index in [1.807, 2.05) is 0 Å². The Morgan fingerprint density at radius 1 is 0.310 bits per heavy atom. The number of halogens is 2. The third-order valence-corrected chi connectivity index (χ3v) is 8.58. The minimum Gasteiger partial charge on any atom is -1.00 e. The molecule has 42 heavy (non-hydrogen) atoms. The van der Waals surface area contributed by atoms with E-state index in [-0.39, 0.29) is 48.0 Å². The van der Waals surface area contributed by atoms with Crippen molar-refractivity contribution in [3.8, 4) is 0 Å². The first-order valence-corrected chi connectivity index (χ1v) is 16.6. The molecule has 0 unspecified atom stereocenters. The number of hydrogen-bond donors (Lipinski definition) is 0. The summed E-state index contributed by atoms with van der Waals surface area (Å²) in [5.41, 5.74) is 0. The highest BCUT2D eigenvalue weighted by Crippen LogP contribution is 2.15. The van der Waals surface area contributed by atoms with Gasteiger partial charge in [0.15, 0.2) is 24.8 Å². The molecule has 2 aromatic heterocycles. The van der Waals surface area contributed by atoms with Crippen molar-refractivity contribution in [2.75, 3.05) is 0 Å². The van der Waals surface area contributed by atoms with Crippen LogP contribution in [0, 0.1) is 0 Å². The minimum absolute atomic E-state index is 0. The van der Waals surface area contributed by atoms with Crippen LogP contribution in [0.25, 0.3) is 21.5 Å². The summed E-state index contributed by atoms with van der Waals surface area (Å²) in [4.78, 5) is 0. The Morgan fingerprint density at radius 2 is 0.571 bits per heavy atom. The van der Waals surface area contributed by atoms with Gasteiger partial charge >= 0.3 is 0 Å². The zero-order valence-corrected chi connectivity index (χ0v) is 30.2. The fraction of sp³-hybridized carbons (Fsp3) is 0.526. The van der Waals surface area contributed by atoms with Gasteiger partial charge in [-0.05, 0) is 35.7 Å². The van der Waals surface area contributed by atoms with Crippen molar-refractivity contribution in [2.45, 2.75) is 129 Å². The zero-order valence-electron chi connectivity index (χ0n) is 25.9. The lowest BCUT2D eigenvalue weighted by Crippen LogP contribution is -3.00. The number of rotatable bonds is 21. The largest absolute Gasteiger partial charge is 1.00 e. The van der Waals surface area contributed by atoms with Crippen LogP contribution in [-0.4, -0.2) is 0 Å². The lowest BCUT2D eigenvalue weighted by molar-refractivity contribution is -0.696. The number of aryl methyl sites for hydroxylation is 2. The second kappa shape index (κ2) is 23.1. The van der Waals surface area contributed by atoms with Crippen LogP contribution in [0.1, 0.15) is 116 Å². The highest BCUT2D eigenvalue weighted by atomic mass is 127. The first-order valence-electron chi connectivity index (χ1n) is 16.6. The number of pyridine rings is 2. The molecule has 0 N–H and O–H groups in total. The molecule has 4 heteroatoms. The second-order valence-electron chi connectivity index (χ2n) is 12.0. The van der Waals surface area contributed by atoms with Crippen LogP contribution in [0.2, 0.25) is 0 Å². The van der Waals surface area contributed by atoms with Gasteiger partial charge < -0.3 is 48.0 Å². The van der Waals surface area contributed by atoms with E-state index in [2.05, 4.69) is 94.6 Å². The van der Waals surface area contributed by atoms with E-state index < -0.39 is 0 Å². The number of hydrogen-bond acceptors (Lipinski definition) is 0. The smallest absolute Gasteiger partial charge is 0.176 e. The molecule has 0 saturated heterocycles. The highest BCUT2D eigenvalue weighted by molar-refractivity contribution is 5.80. The average Bonchev–Trinajstić information content (AvgIpc) is 3.00. The number of nitrogens with zero attached hydrogens (tertiary/aromatic N) is 2. The van der Waals surface area contributed by atoms with Crippen LogP contribution in [0.5, 0.6) is 0 Å². The quantitative estimate of drug-likeness (QED) is 0.0677. The summed E-state index contributed by atoms with van der Waals surface area (Å²) in [5, 5.41) is 5.37. The summed E-state index contributed by atoms with van der Waals surface area (Å²) in [5.74, 6) is 0. The van der Waals surface area contributed by atoms with Crippen molar-refractivity contribution in [1.82, 2.24) is 0 Å². The van der Waals surface area contributed by atoms with E-state index in [9.17, 15) is 0 Å². The number of benzene rings is 2. The number of unbranched alkanes of at least 4 members (excludes halogenated alkanes) is 17. The molecule has 230 valence electrons. The van der Waals surface area contributed by atoms with Gasteiger partial charge in [-0.1, -0.05) is 126 Å². The van der Waals surface area contributed by atoms with Crippen molar-refractivity contribution in [2.24, 2.45) is 0 Å². The molecule has 0 spiro atoms. The number of fused-ring (bicyclic) bond motifs is 2. The van der Waals surface area contributed by atoms with Crippen molar-refractivity contribution in [3.63, 3.8) is 0 Å². The molecule has 0 aliphatic heterocycles. The molecule has 0 fully saturated rings. The van der Waals surface area contributed by atoms with E-state index >= 15 is 0 Å². The van der Waals surface area contributed by atoms with Gasteiger partial charge in [0.05, 0.1) is 0 Å². The SMILES string of the molecule is [I-].[I-].c1ccc2c[n+](CCCCCCCCCCCCCCCCCCCC[n+]3ccc4ccccc4c3)ccc2c1. The van der Waals surface area contributed by atoms with E-state index in [4.69, 9.17) is 0 Å². The third kappa shape index (κ3) is 14.5. The maximum atomic E-state index is 2.36. The van der Waals surface area contributed by atoms with Gasteiger partial charge in [-0.2, -0.15) is 0 Å². The lowest BCUT2D eigenvalue weighted by atomic mass is 10.0. The predicted molar refractivity (Wildman–Crippen MR) is 171 cm³/mol. The van der Waals surface area contributed by atoms with Crippen LogP contribution in [0.4, 0.5) is 0 Å². The third-order valence-electron chi connectivity index (χ3n) is 8.58. The van der Waals surface area contributed by atoms with Crippen LogP contribution in [0.3, 0.4) is 0 Å². The second-order valence-corrected chi connectivity index (χ2v) is 12.0. The Balaban J connectivity index is 0.00000308. The molecule has 0 aliphatic rings. The van der Waals surface area contributed by atoms with Crippen molar-refractivity contribution < 1.29 is 57.1 Å². The molecule has 4 aromatic rings. The number of aromatic nitrogens is 2. The van der Waals surface area contributed by atoms with Gasteiger partial charge in [-0.15, -0.1) is 0 Å². The summed E-state index contributed by atoms with van der Waals surface area (Å²) < 4.78 is 4.72. The molecule has 2 heterocycles. The zero-order chi connectivity index (χ0) is 27.5. The fourth-order valence-electron chi connectivity index (χ4n) is 6.05. The normalized spacial score (nSPS) is 11.0. The van der Waals surface area contributed by atoms with E-state index in [1.165, 1.54) is 137 Å². The lowest BCUT2D eigenvalue weighted by Gasteiger charge is -2.04. The molecule has 0 saturated carbocycles. The summed E-state index contributed by atoms with van der Waals surface area (Å²) in [6.07, 6.45) is 34.5. The van der Waals surface area contributed by atoms with Crippen molar-refractivity contribution >= 4 is 21.5 Å².